The van der Waals surface area contributed by atoms with Crippen LogP contribution in [0, 0.1) is 11.3 Å². The van der Waals surface area contributed by atoms with E-state index in [0.717, 1.165) is 37.1 Å². The zero-order chi connectivity index (χ0) is 31.8. The van der Waals surface area contributed by atoms with Crippen LogP contribution in [0.25, 0.3) is 22.0 Å². The Morgan fingerprint density at radius 3 is 2.61 bits per heavy atom. The summed E-state index contributed by atoms with van der Waals surface area (Å²) in [6.45, 7) is 5.86. The van der Waals surface area contributed by atoms with Crippen molar-refractivity contribution in [2.75, 3.05) is 32.8 Å². The highest BCUT2D eigenvalue weighted by molar-refractivity contribution is 6.42. The molecule has 242 valence electrons. The molecule has 2 aliphatic heterocycles. The SMILES string of the molecule is CCOC(=O)[C@@H](c1ncn2c1C[C@@H](F)C2)n1cc2c(Cl)cc(-c3ccc(C45CC(CN6CCC(CO)CC6)(C4)C5)cc3)c(Cl)c2n1. The van der Waals surface area contributed by atoms with Crippen molar-refractivity contribution in [3.05, 3.63) is 69.9 Å². The molecule has 1 saturated heterocycles. The van der Waals surface area contributed by atoms with E-state index >= 15 is 0 Å². The minimum atomic E-state index is -1.02. The molecule has 3 saturated carbocycles. The maximum absolute atomic E-state index is 14.2. The molecule has 0 radical (unpaired) electrons. The summed E-state index contributed by atoms with van der Waals surface area (Å²) in [5, 5.41) is 15.7. The Morgan fingerprint density at radius 1 is 1.17 bits per heavy atom. The number of imidazole rings is 1. The molecule has 4 heterocycles. The predicted octanol–water partition coefficient (Wildman–Crippen LogP) is 6.38. The molecule has 2 bridgehead atoms. The van der Waals surface area contributed by atoms with Crippen molar-refractivity contribution in [3.8, 4) is 11.1 Å². The standard InChI is InChI=1S/C35H38Cl2FN5O3/c1-2-46-33(45)32(31-28-11-24(38)13-42(28)20-39-31)43-14-26-27(36)12-25(29(37)30(26)40-43)22-3-5-23(6-4-22)35-16-34(17-35,18-35)19-41-9-7-21(15-44)8-10-41/h3-6,12,14,20-21,24,32,44H,2,7-11,13,15-19H2,1H3/t24-,32-,34?,35?/m1/s1. The Bertz CT molecular complexity index is 1790. The first-order valence-electron chi connectivity index (χ1n) is 16.4. The Balaban J connectivity index is 1.03. The van der Waals surface area contributed by atoms with Gasteiger partial charge in [-0.05, 0) is 86.1 Å². The largest absolute Gasteiger partial charge is 0.464 e. The van der Waals surface area contributed by atoms with Gasteiger partial charge in [0, 0.05) is 42.4 Å². The third-order valence-electron chi connectivity index (χ3n) is 11.0. The van der Waals surface area contributed by atoms with Gasteiger partial charge in [0.25, 0.3) is 0 Å². The topological polar surface area (TPSA) is 85.4 Å². The van der Waals surface area contributed by atoms with Crippen LogP contribution in [0.3, 0.4) is 0 Å². The Hall–Kier alpha value is -2.98. The normalized spacial score (nSPS) is 26.5. The van der Waals surface area contributed by atoms with Crippen LogP contribution in [0.15, 0.2) is 42.9 Å². The van der Waals surface area contributed by atoms with Gasteiger partial charge in [0.1, 0.15) is 11.7 Å². The van der Waals surface area contributed by atoms with E-state index in [1.54, 1.807) is 24.0 Å². The van der Waals surface area contributed by atoms with Crippen molar-refractivity contribution in [3.63, 3.8) is 0 Å². The monoisotopic (exact) mass is 665 g/mol. The lowest BCUT2D eigenvalue weighted by Crippen LogP contribution is -2.68. The Kier molecular flexibility index (Phi) is 7.47. The number of halogens is 3. The molecule has 2 aromatic heterocycles. The molecular weight excluding hydrogens is 628 g/mol. The van der Waals surface area contributed by atoms with E-state index in [4.69, 9.17) is 33.0 Å². The number of ether oxygens (including phenoxy) is 1. The molecule has 46 heavy (non-hydrogen) atoms. The summed E-state index contributed by atoms with van der Waals surface area (Å²) in [5.41, 5.74) is 5.41. The summed E-state index contributed by atoms with van der Waals surface area (Å²) < 4.78 is 22.9. The smallest absolute Gasteiger partial charge is 0.337 e. The third-order valence-corrected chi connectivity index (χ3v) is 11.7. The maximum Gasteiger partial charge on any atom is 0.337 e. The quantitative estimate of drug-likeness (QED) is 0.209. The van der Waals surface area contributed by atoms with Gasteiger partial charge in [0.15, 0.2) is 6.04 Å². The van der Waals surface area contributed by atoms with Gasteiger partial charge in [-0.15, -0.1) is 0 Å². The van der Waals surface area contributed by atoms with E-state index in [0.29, 0.717) is 50.3 Å². The highest BCUT2D eigenvalue weighted by atomic mass is 35.5. The highest BCUT2D eigenvalue weighted by Crippen LogP contribution is 2.73. The number of piperidine rings is 1. The van der Waals surface area contributed by atoms with Crippen molar-refractivity contribution < 1.29 is 19.0 Å². The molecule has 2 atom stereocenters. The van der Waals surface area contributed by atoms with E-state index in [-0.39, 0.29) is 25.0 Å². The molecule has 0 spiro atoms. The summed E-state index contributed by atoms with van der Waals surface area (Å²) in [4.78, 5) is 20.3. The summed E-state index contributed by atoms with van der Waals surface area (Å²) in [7, 11) is 0. The van der Waals surface area contributed by atoms with Crippen LogP contribution in [0.1, 0.15) is 62.0 Å². The molecule has 0 amide bonds. The number of fused-ring (bicyclic) bond motifs is 2. The summed E-state index contributed by atoms with van der Waals surface area (Å²) in [5.74, 6) is -0.0474. The first kappa shape index (κ1) is 30.4. The number of aliphatic hydroxyl groups is 1. The number of rotatable bonds is 9. The summed E-state index contributed by atoms with van der Waals surface area (Å²) in [6.07, 6.45) is 8.35. The van der Waals surface area contributed by atoms with E-state index in [1.807, 2.05) is 6.07 Å². The molecule has 5 aliphatic rings. The summed E-state index contributed by atoms with van der Waals surface area (Å²) >= 11 is 13.8. The van der Waals surface area contributed by atoms with E-state index in [9.17, 15) is 14.3 Å². The van der Waals surface area contributed by atoms with Gasteiger partial charge in [-0.25, -0.2) is 14.2 Å². The fourth-order valence-electron chi connectivity index (χ4n) is 8.83. The number of hydrogen-bond acceptors (Lipinski definition) is 6. The fraction of sp³-hybridized carbons (Fsp3) is 0.514. The molecule has 1 N–H and O–H groups in total. The lowest BCUT2D eigenvalue weighted by molar-refractivity contribution is -0.158. The molecule has 2 aromatic carbocycles. The Labute approximate surface area is 277 Å². The zero-order valence-corrected chi connectivity index (χ0v) is 27.4. The van der Waals surface area contributed by atoms with Crippen LogP contribution < -0.4 is 0 Å². The minimum Gasteiger partial charge on any atom is -0.464 e. The number of aromatic nitrogens is 4. The van der Waals surface area contributed by atoms with E-state index in [2.05, 4.69) is 34.1 Å². The number of esters is 1. The number of carbonyl (C=O) groups is 1. The lowest BCUT2D eigenvalue weighted by atomic mass is 9.33. The van der Waals surface area contributed by atoms with Crippen LogP contribution in [0.4, 0.5) is 4.39 Å². The molecule has 3 aliphatic carbocycles. The van der Waals surface area contributed by atoms with Crippen molar-refractivity contribution in [2.24, 2.45) is 11.3 Å². The van der Waals surface area contributed by atoms with Crippen LogP contribution >= 0.6 is 23.2 Å². The molecular formula is C35H38Cl2FN5O3. The predicted molar refractivity (Wildman–Crippen MR) is 175 cm³/mol. The first-order valence-corrected chi connectivity index (χ1v) is 17.1. The summed E-state index contributed by atoms with van der Waals surface area (Å²) in [6, 6.07) is 9.55. The van der Waals surface area contributed by atoms with Gasteiger partial charge < -0.3 is 19.3 Å². The molecule has 0 unspecified atom stereocenters. The zero-order valence-electron chi connectivity index (χ0n) is 25.9. The number of aliphatic hydroxyl groups excluding tert-OH is 1. The average molecular weight is 667 g/mol. The van der Waals surface area contributed by atoms with E-state index in [1.165, 1.54) is 36.1 Å². The van der Waals surface area contributed by atoms with Gasteiger partial charge in [-0.2, -0.15) is 5.10 Å². The number of carbonyl (C=O) groups excluding carboxylic acids is 1. The second kappa shape index (κ2) is 11.3. The van der Waals surface area contributed by atoms with Crippen molar-refractivity contribution in [1.82, 2.24) is 24.2 Å². The number of nitrogens with zero attached hydrogens (tertiary/aromatic N) is 5. The van der Waals surface area contributed by atoms with Crippen LogP contribution in [0.5, 0.6) is 0 Å². The Morgan fingerprint density at radius 2 is 1.91 bits per heavy atom. The number of benzene rings is 2. The van der Waals surface area contributed by atoms with Crippen molar-refractivity contribution in [2.45, 2.75) is 69.6 Å². The fourth-order valence-corrected chi connectivity index (χ4v) is 9.38. The number of hydrogen-bond donors (Lipinski definition) is 1. The van der Waals surface area contributed by atoms with Gasteiger partial charge in [-0.1, -0.05) is 47.5 Å². The van der Waals surface area contributed by atoms with Crippen LogP contribution in [-0.2, 0) is 27.9 Å². The maximum atomic E-state index is 14.2. The van der Waals surface area contributed by atoms with E-state index < -0.39 is 18.2 Å². The molecule has 9 rings (SSSR count). The van der Waals surface area contributed by atoms with Gasteiger partial charge in [0.2, 0.25) is 0 Å². The lowest BCUT2D eigenvalue weighted by Gasteiger charge is -2.72. The molecule has 11 heteroatoms. The third kappa shape index (κ3) is 4.88. The average Bonchev–Trinajstić information content (AvgIpc) is 3.72. The first-order chi connectivity index (χ1) is 22.2. The van der Waals surface area contributed by atoms with Crippen LogP contribution in [0.2, 0.25) is 10.0 Å². The molecule has 8 nitrogen and oxygen atoms in total. The van der Waals surface area contributed by atoms with Crippen molar-refractivity contribution >= 4 is 40.1 Å². The number of alkyl halides is 1. The second-order valence-electron chi connectivity index (χ2n) is 14.1. The van der Waals surface area contributed by atoms with Crippen molar-refractivity contribution in [1.29, 1.82) is 0 Å². The highest BCUT2D eigenvalue weighted by Gasteiger charge is 2.68. The minimum absolute atomic E-state index is 0.181. The molecule has 4 fully saturated rings. The number of likely N-dealkylation sites (tertiary alicyclic amines) is 1. The van der Waals surface area contributed by atoms with Gasteiger partial charge in [-0.3, -0.25) is 4.68 Å². The van der Waals surface area contributed by atoms with Gasteiger partial charge in [0.05, 0.1) is 35.2 Å². The second-order valence-corrected chi connectivity index (χ2v) is 14.9. The van der Waals surface area contributed by atoms with Crippen LogP contribution in [-0.4, -0.2) is 74.3 Å². The van der Waals surface area contributed by atoms with Gasteiger partial charge >= 0.3 is 5.97 Å². The molecule has 4 aromatic rings.